The zero-order chi connectivity index (χ0) is 23.5. The summed E-state index contributed by atoms with van der Waals surface area (Å²) in [6, 6.07) is 28.0. The molecular weight excluding hydrogens is 447 g/mol. The van der Waals surface area contributed by atoms with E-state index in [0.29, 0.717) is 16.5 Å². The summed E-state index contributed by atoms with van der Waals surface area (Å²) in [6.07, 6.45) is 0. The molecule has 5 nitrogen and oxygen atoms in total. The van der Waals surface area contributed by atoms with E-state index >= 15 is 0 Å². The number of benzene rings is 4. The maximum atomic E-state index is 14.6. The molecular formula is C27H21FN4OS. The van der Waals surface area contributed by atoms with E-state index in [1.807, 2.05) is 73.7 Å². The van der Waals surface area contributed by atoms with Crippen molar-refractivity contribution in [2.24, 2.45) is 0 Å². The van der Waals surface area contributed by atoms with E-state index < -0.39 is 0 Å². The number of rotatable bonds is 6. The molecule has 0 unspecified atom stereocenters. The summed E-state index contributed by atoms with van der Waals surface area (Å²) < 4.78 is 16.4. The lowest BCUT2D eigenvalue weighted by molar-refractivity contribution is -0.113. The molecule has 0 fully saturated rings. The summed E-state index contributed by atoms with van der Waals surface area (Å²) in [4.78, 5) is 12.8. The number of anilines is 1. The van der Waals surface area contributed by atoms with Gasteiger partial charge in [0.15, 0.2) is 11.0 Å². The van der Waals surface area contributed by atoms with Crippen LogP contribution in [0, 0.1) is 12.7 Å². The number of carbonyl (C=O) groups excluding carboxylic acids is 1. The Hall–Kier alpha value is -3.97. The fourth-order valence-electron chi connectivity index (χ4n) is 3.76. The molecule has 0 radical (unpaired) electrons. The fourth-order valence-corrected chi connectivity index (χ4v) is 4.51. The third-order valence-electron chi connectivity index (χ3n) is 5.44. The molecule has 1 aromatic heterocycles. The maximum Gasteiger partial charge on any atom is 0.234 e. The molecule has 0 atom stereocenters. The Labute approximate surface area is 200 Å². The van der Waals surface area contributed by atoms with Gasteiger partial charge in [0.05, 0.1) is 11.3 Å². The number of aromatic nitrogens is 3. The summed E-state index contributed by atoms with van der Waals surface area (Å²) in [7, 11) is 0. The number of hydrogen-bond donors (Lipinski definition) is 1. The summed E-state index contributed by atoms with van der Waals surface area (Å²) >= 11 is 1.26. The number of nitrogens with zero attached hydrogens (tertiary/aromatic N) is 3. The molecule has 0 aliphatic heterocycles. The lowest BCUT2D eigenvalue weighted by atomic mass is 10.1. The van der Waals surface area contributed by atoms with E-state index in [2.05, 4.69) is 15.5 Å². The van der Waals surface area contributed by atoms with Gasteiger partial charge in [0.2, 0.25) is 5.91 Å². The average molecular weight is 469 g/mol. The molecule has 0 aliphatic carbocycles. The number of amides is 1. The first-order valence-corrected chi connectivity index (χ1v) is 11.8. The number of fused-ring (bicyclic) bond motifs is 1. The van der Waals surface area contributed by atoms with Gasteiger partial charge < -0.3 is 5.32 Å². The molecule has 1 amide bonds. The van der Waals surface area contributed by atoms with Crippen LogP contribution >= 0.6 is 11.8 Å². The second kappa shape index (κ2) is 9.49. The quantitative estimate of drug-likeness (QED) is 0.299. The van der Waals surface area contributed by atoms with Crippen LogP contribution in [-0.2, 0) is 4.79 Å². The molecule has 168 valence electrons. The van der Waals surface area contributed by atoms with Crippen LogP contribution in [0.1, 0.15) is 5.56 Å². The van der Waals surface area contributed by atoms with Crippen LogP contribution in [0.25, 0.3) is 27.8 Å². The SMILES string of the molecule is Cc1ccc(-n2c(SCC(=O)Nc3cccc4ccccc34)nnc2-c2ccccc2F)cc1. The van der Waals surface area contributed by atoms with Crippen LogP contribution < -0.4 is 5.32 Å². The highest BCUT2D eigenvalue weighted by molar-refractivity contribution is 7.99. The van der Waals surface area contributed by atoms with Crippen molar-refractivity contribution in [1.82, 2.24) is 14.8 Å². The molecule has 5 rings (SSSR count). The van der Waals surface area contributed by atoms with E-state index in [-0.39, 0.29) is 17.5 Å². The van der Waals surface area contributed by atoms with Gasteiger partial charge in [0.25, 0.3) is 0 Å². The largest absolute Gasteiger partial charge is 0.325 e. The number of nitrogens with one attached hydrogen (secondary N) is 1. The van der Waals surface area contributed by atoms with Gasteiger partial charge in [0, 0.05) is 16.8 Å². The van der Waals surface area contributed by atoms with E-state index in [1.54, 1.807) is 22.8 Å². The summed E-state index contributed by atoms with van der Waals surface area (Å²) in [5, 5.41) is 14.1. The molecule has 4 aromatic carbocycles. The molecule has 0 bridgehead atoms. The molecule has 34 heavy (non-hydrogen) atoms. The fraction of sp³-hybridized carbons (Fsp3) is 0.0741. The van der Waals surface area contributed by atoms with Gasteiger partial charge >= 0.3 is 0 Å². The first-order chi connectivity index (χ1) is 16.6. The lowest BCUT2D eigenvalue weighted by Crippen LogP contribution is -2.14. The minimum atomic E-state index is -0.381. The number of aryl methyl sites for hydroxylation is 1. The predicted octanol–water partition coefficient (Wildman–Crippen LogP) is 6.27. The topological polar surface area (TPSA) is 59.8 Å². The molecule has 5 aromatic rings. The molecule has 7 heteroatoms. The first kappa shape index (κ1) is 21.9. The number of thioether (sulfide) groups is 1. The van der Waals surface area contributed by atoms with Gasteiger partial charge in [-0.2, -0.15) is 0 Å². The standard InChI is InChI=1S/C27H21FN4OS/c1-18-13-15-20(16-14-18)32-26(22-10-4-5-11-23(22)28)30-31-27(32)34-17-25(33)29-24-12-6-8-19-7-2-3-9-21(19)24/h2-16H,17H2,1H3,(H,29,33). The highest BCUT2D eigenvalue weighted by Gasteiger charge is 2.19. The molecule has 1 N–H and O–H groups in total. The second-order valence-corrected chi connectivity index (χ2v) is 8.76. The number of halogens is 1. The predicted molar refractivity (Wildman–Crippen MR) is 135 cm³/mol. The average Bonchev–Trinajstić information content (AvgIpc) is 3.27. The lowest BCUT2D eigenvalue weighted by Gasteiger charge is -2.12. The number of hydrogen-bond acceptors (Lipinski definition) is 4. The molecule has 0 spiro atoms. The van der Waals surface area contributed by atoms with Crippen molar-refractivity contribution < 1.29 is 9.18 Å². The van der Waals surface area contributed by atoms with Crippen LogP contribution in [0.5, 0.6) is 0 Å². The monoisotopic (exact) mass is 468 g/mol. The van der Waals surface area contributed by atoms with E-state index in [1.165, 1.54) is 17.8 Å². The minimum Gasteiger partial charge on any atom is -0.325 e. The Kier molecular flexibility index (Phi) is 6.10. The van der Waals surface area contributed by atoms with Gasteiger partial charge in [-0.25, -0.2) is 4.39 Å². The molecule has 1 heterocycles. The summed E-state index contributed by atoms with van der Waals surface area (Å²) in [6.45, 7) is 2.00. The normalized spacial score (nSPS) is 11.0. The van der Waals surface area contributed by atoms with Crippen molar-refractivity contribution in [3.8, 4) is 17.1 Å². The van der Waals surface area contributed by atoms with Crippen LogP contribution in [0.15, 0.2) is 96.2 Å². The first-order valence-electron chi connectivity index (χ1n) is 10.8. The van der Waals surface area contributed by atoms with Crippen molar-refractivity contribution in [3.63, 3.8) is 0 Å². The summed E-state index contributed by atoms with van der Waals surface area (Å²) in [5.74, 6) is -0.0236. The molecule has 0 saturated heterocycles. The van der Waals surface area contributed by atoms with Gasteiger partial charge in [0.1, 0.15) is 5.82 Å². The van der Waals surface area contributed by atoms with Gasteiger partial charge in [-0.1, -0.05) is 78.0 Å². The van der Waals surface area contributed by atoms with Crippen LogP contribution in [0.4, 0.5) is 10.1 Å². The van der Waals surface area contributed by atoms with E-state index in [0.717, 1.165) is 27.7 Å². The molecule has 0 aliphatic rings. The van der Waals surface area contributed by atoms with Crippen LogP contribution in [0.2, 0.25) is 0 Å². The van der Waals surface area contributed by atoms with Crippen LogP contribution in [0.3, 0.4) is 0 Å². The van der Waals surface area contributed by atoms with Gasteiger partial charge in [-0.15, -0.1) is 10.2 Å². The second-order valence-electron chi connectivity index (χ2n) is 7.82. The summed E-state index contributed by atoms with van der Waals surface area (Å²) in [5.41, 5.74) is 3.01. The highest BCUT2D eigenvalue weighted by atomic mass is 32.2. The highest BCUT2D eigenvalue weighted by Crippen LogP contribution is 2.30. The van der Waals surface area contributed by atoms with E-state index in [4.69, 9.17) is 0 Å². The Bertz CT molecular complexity index is 1470. The van der Waals surface area contributed by atoms with Gasteiger partial charge in [-0.05, 0) is 42.6 Å². The third kappa shape index (κ3) is 4.43. The Morgan fingerprint density at radius 2 is 1.65 bits per heavy atom. The smallest absolute Gasteiger partial charge is 0.234 e. The van der Waals surface area contributed by atoms with Crippen molar-refractivity contribution in [1.29, 1.82) is 0 Å². The maximum absolute atomic E-state index is 14.6. The Morgan fingerprint density at radius 1 is 0.912 bits per heavy atom. The van der Waals surface area contributed by atoms with Crippen molar-refractivity contribution in [3.05, 3.63) is 102 Å². The van der Waals surface area contributed by atoms with Gasteiger partial charge in [-0.3, -0.25) is 9.36 Å². The zero-order valence-electron chi connectivity index (χ0n) is 18.4. The Morgan fingerprint density at radius 3 is 2.47 bits per heavy atom. The Balaban J connectivity index is 1.43. The molecule has 0 saturated carbocycles. The zero-order valence-corrected chi connectivity index (χ0v) is 19.2. The third-order valence-corrected chi connectivity index (χ3v) is 6.37. The number of carbonyl (C=O) groups is 1. The van der Waals surface area contributed by atoms with Crippen molar-refractivity contribution >= 4 is 34.1 Å². The van der Waals surface area contributed by atoms with E-state index in [9.17, 15) is 9.18 Å². The van der Waals surface area contributed by atoms with Crippen LogP contribution in [-0.4, -0.2) is 26.4 Å². The van der Waals surface area contributed by atoms with Crippen molar-refractivity contribution in [2.45, 2.75) is 12.1 Å². The van der Waals surface area contributed by atoms with Crippen molar-refractivity contribution in [2.75, 3.05) is 11.1 Å². The minimum absolute atomic E-state index is 0.129.